The van der Waals surface area contributed by atoms with E-state index in [1.54, 1.807) is 9.80 Å². The number of halogens is 2. The number of rotatable bonds is 15. The number of nitrogens with two attached hydrogens (primary N) is 1. The van der Waals surface area contributed by atoms with Crippen molar-refractivity contribution in [1.82, 2.24) is 29.7 Å². The largest absolute Gasteiger partial charge is 0.335 e. The lowest BCUT2D eigenvalue weighted by Gasteiger charge is -2.22. The number of hydrogen-bond acceptors (Lipinski definition) is 5. The van der Waals surface area contributed by atoms with Crippen LogP contribution in [0.4, 0.5) is 8.78 Å². The maximum Gasteiger partial charge on any atom is 0.223 e. The van der Waals surface area contributed by atoms with Gasteiger partial charge in [-0.1, -0.05) is 90.1 Å². The highest BCUT2D eigenvalue weighted by Crippen LogP contribution is 2.29. The van der Waals surface area contributed by atoms with Crippen LogP contribution in [0.1, 0.15) is 78.9 Å². The summed E-state index contributed by atoms with van der Waals surface area (Å²) in [6, 6.07) is 14.8. The van der Waals surface area contributed by atoms with E-state index in [1.165, 1.54) is 7.05 Å². The van der Waals surface area contributed by atoms with Crippen LogP contribution in [0.25, 0.3) is 33.6 Å². The molecular formula is C37H51F2N7O2. The third kappa shape index (κ3) is 10.3. The molecule has 0 unspecified atom stereocenters. The van der Waals surface area contributed by atoms with E-state index in [2.05, 4.69) is 25.7 Å². The van der Waals surface area contributed by atoms with E-state index in [9.17, 15) is 18.4 Å². The Balaban J connectivity index is 0.00000307. The molecule has 48 heavy (non-hydrogen) atoms. The molecule has 11 heteroatoms. The number of nitrogens with one attached hydrogen (secondary N) is 2. The predicted octanol–water partition coefficient (Wildman–Crippen LogP) is 7.56. The first-order chi connectivity index (χ1) is 23.0. The Kier molecular flexibility index (Phi) is 14.5. The molecule has 2 aromatic heterocycles. The zero-order valence-electron chi connectivity index (χ0n) is 29.4. The van der Waals surface area contributed by atoms with Gasteiger partial charge in [0.25, 0.3) is 0 Å². The highest BCUT2D eigenvalue weighted by atomic mass is 19.1. The van der Waals surface area contributed by atoms with E-state index < -0.39 is 11.9 Å². The molecule has 0 fully saturated rings. The lowest BCUT2D eigenvalue weighted by atomic mass is 10.0. The van der Waals surface area contributed by atoms with Crippen molar-refractivity contribution in [2.45, 2.75) is 80.3 Å². The van der Waals surface area contributed by atoms with E-state index in [4.69, 9.17) is 0 Å². The van der Waals surface area contributed by atoms with Crippen molar-refractivity contribution in [3.63, 3.8) is 0 Å². The van der Waals surface area contributed by atoms with E-state index in [-0.39, 0.29) is 48.1 Å². The second-order valence-electron chi connectivity index (χ2n) is 12.7. The summed E-state index contributed by atoms with van der Waals surface area (Å²) in [7, 11) is 1.50. The van der Waals surface area contributed by atoms with Gasteiger partial charge in [-0.15, -0.1) is 0 Å². The first kappa shape index (κ1) is 38.1. The highest BCUT2D eigenvalue weighted by molar-refractivity contribution is 5.77. The molecule has 0 aliphatic rings. The van der Waals surface area contributed by atoms with Gasteiger partial charge in [-0.2, -0.15) is 8.78 Å². The Labute approximate surface area is 283 Å². The van der Waals surface area contributed by atoms with Crippen LogP contribution in [-0.4, -0.2) is 61.7 Å². The van der Waals surface area contributed by atoms with Gasteiger partial charge in [-0.3, -0.25) is 9.59 Å². The second-order valence-corrected chi connectivity index (χ2v) is 12.7. The van der Waals surface area contributed by atoms with Gasteiger partial charge in [0.15, 0.2) is 0 Å². The van der Waals surface area contributed by atoms with Gasteiger partial charge in [0, 0.05) is 37.1 Å². The molecule has 4 aromatic rings. The first-order valence-electron chi connectivity index (χ1n) is 16.8. The quantitative estimate of drug-likeness (QED) is 0.121. The van der Waals surface area contributed by atoms with Gasteiger partial charge in [-0.05, 0) is 42.9 Å². The van der Waals surface area contributed by atoms with Crippen LogP contribution >= 0.6 is 0 Å². The standard InChI is InChI=1S/C36H46F2N6O2.CH5N/c1-7-17-43(31(45)19-23(3)4)21-29-39-33(35(37)41-29)27-13-9-25(10-14-27)26-11-15-28(16-12-26)34-36(38)42-30(40-34)22-44(18-8-2)32(46)20-24(5)6;1-2/h9-16,23-24H,7-8,17-22H2,1-6H3,(H,39,41)(H,40,42);2H2,1H3. The Hall–Kier alpha value is -4.38. The van der Waals surface area contributed by atoms with Crippen LogP contribution in [0.2, 0.25) is 0 Å². The summed E-state index contributed by atoms with van der Waals surface area (Å²) < 4.78 is 29.8. The van der Waals surface area contributed by atoms with Crippen LogP contribution in [-0.2, 0) is 22.7 Å². The van der Waals surface area contributed by atoms with Crippen LogP contribution < -0.4 is 5.73 Å². The Morgan fingerprint density at radius 1 is 0.646 bits per heavy atom. The summed E-state index contributed by atoms with van der Waals surface area (Å²) >= 11 is 0. The molecular weight excluding hydrogens is 612 g/mol. The molecule has 0 bridgehead atoms. The summed E-state index contributed by atoms with van der Waals surface area (Å²) in [5.74, 6) is 0.289. The molecule has 260 valence electrons. The number of amides is 2. The maximum absolute atomic E-state index is 14.9. The Morgan fingerprint density at radius 3 is 1.25 bits per heavy atom. The molecule has 4 N–H and O–H groups in total. The molecule has 9 nitrogen and oxygen atoms in total. The maximum atomic E-state index is 14.9. The highest BCUT2D eigenvalue weighted by Gasteiger charge is 2.20. The van der Waals surface area contributed by atoms with E-state index in [0.717, 1.165) is 24.0 Å². The monoisotopic (exact) mass is 663 g/mol. The lowest BCUT2D eigenvalue weighted by Crippen LogP contribution is -2.32. The molecule has 0 atom stereocenters. The predicted molar refractivity (Wildman–Crippen MR) is 187 cm³/mol. The minimum absolute atomic E-state index is 0.0354. The zero-order valence-corrected chi connectivity index (χ0v) is 29.4. The molecule has 0 saturated carbocycles. The summed E-state index contributed by atoms with van der Waals surface area (Å²) in [5.41, 5.74) is 7.96. The molecule has 0 saturated heterocycles. The van der Waals surface area contributed by atoms with Gasteiger partial charge in [0.2, 0.25) is 23.7 Å². The zero-order chi connectivity index (χ0) is 35.4. The van der Waals surface area contributed by atoms with Crippen molar-refractivity contribution in [2.24, 2.45) is 17.6 Å². The lowest BCUT2D eigenvalue weighted by molar-refractivity contribution is -0.133. The molecule has 2 aromatic carbocycles. The van der Waals surface area contributed by atoms with Crippen molar-refractivity contribution < 1.29 is 18.4 Å². The van der Waals surface area contributed by atoms with E-state index in [1.807, 2.05) is 90.1 Å². The Morgan fingerprint density at radius 2 is 0.958 bits per heavy atom. The molecule has 0 aliphatic heterocycles. The van der Waals surface area contributed by atoms with Gasteiger partial charge in [0.1, 0.15) is 23.0 Å². The van der Waals surface area contributed by atoms with E-state index in [0.29, 0.717) is 48.7 Å². The number of hydrogen-bond donors (Lipinski definition) is 3. The SMILES string of the molecule is CCCN(Cc1nc(-c2ccc(-c3ccc(-c4nc(CN(CCC)C(=O)CC(C)C)[nH]c4F)cc3)cc2)c(F)[nH]1)C(=O)CC(C)C.CN. The fourth-order valence-electron chi connectivity index (χ4n) is 5.41. The van der Waals surface area contributed by atoms with Gasteiger partial charge < -0.3 is 25.5 Å². The average Bonchev–Trinajstić information content (AvgIpc) is 3.61. The number of aromatic nitrogens is 4. The van der Waals surface area contributed by atoms with Crippen molar-refractivity contribution in [1.29, 1.82) is 0 Å². The van der Waals surface area contributed by atoms with Crippen molar-refractivity contribution in [3.8, 4) is 33.6 Å². The topological polar surface area (TPSA) is 124 Å². The number of imidazole rings is 2. The second kappa shape index (κ2) is 18.2. The van der Waals surface area contributed by atoms with E-state index >= 15 is 0 Å². The van der Waals surface area contributed by atoms with Gasteiger partial charge in [0.05, 0.1) is 13.1 Å². The van der Waals surface area contributed by atoms with Crippen molar-refractivity contribution in [3.05, 3.63) is 72.1 Å². The minimum Gasteiger partial charge on any atom is -0.335 e. The number of aromatic amines is 2. The summed E-state index contributed by atoms with van der Waals surface area (Å²) in [6.07, 6.45) is 2.49. The van der Waals surface area contributed by atoms with Gasteiger partial charge in [-0.25, -0.2) is 9.97 Å². The van der Waals surface area contributed by atoms with Crippen LogP contribution in [0.3, 0.4) is 0 Å². The van der Waals surface area contributed by atoms with Crippen LogP contribution in [0, 0.1) is 23.7 Å². The Bertz CT molecular complexity index is 1480. The molecule has 0 spiro atoms. The first-order valence-corrected chi connectivity index (χ1v) is 16.8. The van der Waals surface area contributed by atoms with Crippen molar-refractivity contribution >= 4 is 11.8 Å². The summed E-state index contributed by atoms with van der Waals surface area (Å²) in [5, 5.41) is 0. The number of benzene rings is 2. The van der Waals surface area contributed by atoms with Crippen LogP contribution in [0.5, 0.6) is 0 Å². The number of H-pyrrole nitrogens is 2. The minimum atomic E-state index is -0.539. The smallest absolute Gasteiger partial charge is 0.223 e. The average molecular weight is 664 g/mol. The summed E-state index contributed by atoms with van der Waals surface area (Å²) in [6.45, 7) is 13.6. The molecule has 0 aliphatic carbocycles. The van der Waals surface area contributed by atoms with Gasteiger partial charge >= 0.3 is 0 Å². The number of nitrogens with zero attached hydrogens (tertiary/aromatic N) is 4. The fourth-order valence-corrected chi connectivity index (χ4v) is 5.41. The molecule has 0 radical (unpaired) electrons. The third-order valence-corrected chi connectivity index (χ3v) is 7.61. The summed E-state index contributed by atoms with van der Waals surface area (Å²) in [4.78, 5) is 43.2. The number of carbonyl (C=O) groups excluding carboxylic acids is 2. The fraction of sp³-hybridized carbons (Fsp3) is 0.459. The third-order valence-electron chi connectivity index (χ3n) is 7.61. The van der Waals surface area contributed by atoms with Crippen molar-refractivity contribution in [2.75, 3.05) is 20.1 Å². The normalized spacial score (nSPS) is 11.1. The molecule has 2 amide bonds. The number of carbonyl (C=O) groups is 2. The molecule has 2 heterocycles. The molecule has 4 rings (SSSR count). The van der Waals surface area contributed by atoms with Crippen LogP contribution in [0.15, 0.2) is 48.5 Å².